The molecule has 0 aromatic heterocycles. The second kappa shape index (κ2) is 3.58. The highest BCUT2D eigenvalue weighted by Crippen LogP contribution is 2.34. The van der Waals surface area contributed by atoms with E-state index < -0.39 is 16.7 Å². The molecule has 0 aliphatic carbocycles. The monoisotopic (exact) mass is 256 g/mol. The van der Waals surface area contributed by atoms with E-state index in [2.05, 4.69) is 20.7 Å². The van der Waals surface area contributed by atoms with Crippen LogP contribution in [0.4, 0.5) is 8.78 Å². The summed E-state index contributed by atoms with van der Waals surface area (Å²) in [7, 11) is 1.28. The zero-order valence-electron chi connectivity index (χ0n) is 6.00. The summed E-state index contributed by atoms with van der Waals surface area (Å²) in [6.07, 6.45) is 0. The van der Waals surface area contributed by atoms with Crippen molar-refractivity contribution < 1.29 is 13.5 Å². The molecule has 1 aromatic carbocycles. The van der Waals surface area contributed by atoms with Crippen LogP contribution in [-0.4, -0.2) is 7.11 Å². The van der Waals surface area contributed by atoms with E-state index in [1.165, 1.54) is 7.11 Å². The van der Waals surface area contributed by atoms with Gasteiger partial charge in [-0.2, -0.15) is 0 Å². The first-order valence-electron chi connectivity index (χ1n) is 2.95. The minimum atomic E-state index is -0.897. The largest absolute Gasteiger partial charge is 0.492 e. The van der Waals surface area contributed by atoms with Gasteiger partial charge < -0.3 is 4.74 Å². The molecule has 0 unspecified atom stereocenters. The van der Waals surface area contributed by atoms with Crippen molar-refractivity contribution in [1.29, 1.82) is 0 Å². The quantitative estimate of drug-likeness (QED) is 0.553. The van der Waals surface area contributed by atoms with Crippen molar-refractivity contribution in [2.24, 2.45) is 0 Å². The van der Waals surface area contributed by atoms with E-state index in [1.807, 2.05) is 0 Å². The van der Waals surface area contributed by atoms with Crippen LogP contribution in [-0.2, 0) is 0 Å². The summed E-state index contributed by atoms with van der Waals surface area (Å²) < 4.78 is 30.5. The van der Waals surface area contributed by atoms with Crippen LogP contribution in [0.1, 0.15) is 0 Å². The fourth-order valence-corrected chi connectivity index (χ4v) is 1.41. The van der Waals surface area contributed by atoms with Crippen molar-refractivity contribution in [3.63, 3.8) is 0 Å². The molecular weight excluding hydrogens is 253 g/mol. The van der Waals surface area contributed by atoms with Gasteiger partial charge in [-0.25, -0.2) is 8.78 Å². The van der Waals surface area contributed by atoms with Crippen LogP contribution >= 0.6 is 27.5 Å². The lowest BCUT2D eigenvalue weighted by Crippen LogP contribution is -1.92. The first kappa shape index (κ1) is 9.74. The molecule has 0 aliphatic heterocycles. The molecule has 0 aliphatic rings. The van der Waals surface area contributed by atoms with E-state index in [9.17, 15) is 8.78 Å². The van der Waals surface area contributed by atoms with Crippen molar-refractivity contribution in [3.05, 3.63) is 27.2 Å². The zero-order chi connectivity index (χ0) is 9.30. The van der Waals surface area contributed by atoms with Crippen molar-refractivity contribution in [1.82, 2.24) is 0 Å². The summed E-state index contributed by atoms with van der Waals surface area (Å²) in [5, 5.41) is -0.560. The van der Waals surface area contributed by atoms with Crippen LogP contribution in [0.5, 0.6) is 5.75 Å². The van der Waals surface area contributed by atoms with E-state index in [1.54, 1.807) is 0 Å². The fourth-order valence-electron chi connectivity index (χ4n) is 0.737. The Kier molecular flexibility index (Phi) is 2.90. The number of methoxy groups -OCH3 is 1. The molecule has 66 valence electrons. The minimum Gasteiger partial charge on any atom is -0.492 e. The van der Waals surface area contributed by atoms with Gasteiger partial charge in [0.15, 0.2) is 11.6 Å². The maximum absolute atomic E-state index is 13.0. The predicted octanol–water partition coefficient (Wildman–Crippen LogP) is 3.39. The Morgan fingerprint density at radius 1 is 1.50 bits per heavy atom. The molecule has 0 heterocycles. The third kappa shape index (κ3) is 1.54. The van der Waals surface area contributed by atoms with Gasteiger partial charge in [-0.15, -0.1) is 0 Å². The first-order valence-corrected chi connectivity index (χ1v) is 4.12. The van der Waals surface area contributed by atoms with Crippen LogP contribution in [0.15, 0.2) is 10.5 Å². The van der Waals surface area contributed by atoms with E-state index in [-0.39, 0.29) is 10.2 Å². The highest BCUT2D eigenvalue weighted by atomic mass is 79.9. The summed E-state index contributed by atoms with van der Waals surface area (Å²) >= 11 is 8.21. The second-order valence-corrected chi connectivity index (χ2v) is 3.23. The fraction of sp³-hybridized carbons (Fsp3) is 0.143. The van der Waals surface area contributed by atoms with Crippen molar-refractivity contribution in [2.75, 3.05) is 7.11 Å². The van der Waals surface area contributed by atoms with Gasteiger partial charge in [0.25, 0.3) is 0 Å². The lowest BCUT2D eigenvalue weighted by Gasteiger charge is -2.05. The molecule has 12 heavy (non-hydrogen) atoms. The molecule has 0 amide bonds. The number of benzene rings is 1. The van der Waals surface area contributed by atoms with Crippen LogP contribution in [0.2, 0.25) is 5.02 Å². The van der Waals surface area contributed by atoms with Gasteiger partial charge in [0, 0.05) is 0 Å². The number of hydrogen-bond acceptors (Lipinski definition) is 1. The summed E-state index contributed by atoms with van der Waals surface area (Å²) in [6, 6.07) is 1.05. The number of hydrogen-bond donors (Lipinski definition) is 0. The normalized spacial score (nSPS) is 10.1. The molecule has 0 atom stereocenters. The number of ether oxygens (including phenoxy) is 1. The smallest absolute Gasteiger partial charge is 0.187 e. The molecule has 0 fully saturated rings. The maximum Gasteiger partial charge on any atom is 0.187 e. The predicted molar refractivity (Wildman–Crippen MR) is 45.6 cm³/mol. The van der Waals surface area contributed by atoms with Gasteiger partial charge in [0.2, 0.25) is 0 Å². The van der Waals surface area contributed by atoms with Gasteiger partial charge in [0.1, 0.15) is 10.8 Å². The van der Waals surface area contributed by atoms with Crippen molar-refractivity contribution in [3.8, 4) is 5.75 Å². The Hall–Kier alpha value is -0.350. The third-order valence-corrected chi connectivity index (χ3v) is 2.21. The molecule has 0 radical (unpaired) electrons. The lowest BCUT2D eigenvalue weighted by molar-refractivity contribution is 0.381. The van der Waals surface area contributed by atoms with Crippen LogP contribution in [0.3, 0.4) is 0 Å². The van der Waals surface area contributed by atoms with E-state index in [0.29, 0.717) is 0 Å². The first-order chi connectivity index (χ1) is 5.57. The van der Waals surface area contributed by atoms with Gasteiger partial charge in [0.05, 0.1) is 11.6 Å². The molecule has 1 aromatic rings. The molecule has 0 saturated heterocycles. The molecule has 0 saturated carbocycles. The summed E-state index contributed by atoms with van der Waals surface area (Å²) in [5.74, 6) is -1.81. The zero-order valence-corrected chi connectivity index (χ0v) is 8.34. The van der Waals surface area contributed by atoms with E-state index in [0.717, 1.165) is 6.07 Å². The highest BCUT2D eigenvalue weighted by molar-refractivity contribution is 9.10. The molecule has 0 N–H and O–H groups in total. The molecule has 0 bridgehead atoms. The molecule has 0 spiro atoms. The van der Waals surface area contributed by atoms with Gasteiger partial charge >= 0.3 is 0 Å². The van der Waals surface area contributed by atoms with Crippen LogP contribution < -0.4 is 4.74 Å². The SMILES string of the molecule is COc1c(Br)cc(F)c(Cl)c1F. The number of halogens is 4. The van der Waals surface area contributed by atoms with E-state index in [4.69, 9.17) is 11.6 Å². The van der Waals surface area contributed by atoms with Crippen molar-refractivity contribution in [2.45, 2.75) is 0 Å². The van der Waals surface area contributed by atoms with Crippen LogP contribution in [0.25, 0.3) is 0 Å². The Balaban J connectivity index is 3.40. The summed E-state index contributed by atoms with van der Waals surface area (Å²) in [4.78, 5) is 0. The average molecular weight is 257 g/mol. The molecule has 1 nitrogen and oxygen atoms in total. The van der Waals surface area contributed by atoms with Crippen molar-refractivity contribution >= 4 is 27.5 Å². The third-order valence-electron chi connectivity index (χ3n) is 1.28. The maximum atomic E-state index is 13.0. The Morgan fingerprint density at radius 3 is 2.58 bits per heavy atom. The Labute approximate surface area is 81.4 Å². The lowest BCUT2D eigenvalue weighted by atomic mass is 10.3. The Morgan fingerprint density at radius 2 is 2.08 bits per heavy atom. The topological polar surface area (TPSA) is 9.23 Å². The standard InChI is InChI=1S/C7H4BrClF2O/c1-12-7-3(8)2-4(10)5(9)6(7)11/h2H,1H3. The summed E-state index contributed by atoms with van der Waals surface area (Å²) in [6.45, 7) is 0. The van der Waals surface area contributed by atoms with E-state index >= 15 is 0 Å². The minimum absolute atomic E-state index is 0.0959. The molecule has 1 rings (SSSR count). The molecule has 5 heteroatoms. The number of rotatable bonds is 1. The van der Waals surface area contributed by atoms with Gasteiger partial charge in [-0.05, 0) is 22.0 Å². The molecular formula is C7H4BrClF2O. The average Bonchev–Trinajstić information content (AvgIpc) is 2.01. The Bertz CT molecular complexity index is 317. The van der Waals surface area contributed by atoms with Gasteiger partial charge in [-0.3, -0.25) is 0 Å². The van der Waals surface area contributed by atoms with Crippen LogP contribution in [0, 0.1) is 11.6 Å². The highest BCUT2D eigenvalue weighted by Gasteiger charge is 2.15. The van der Waals surface area contributed by atoms with Gasteiger partial charge in [-0.1, -0.05) is 11.6 Å². The second-order valence-electron chi connectivity index (χ2n) is 2.00. The summed E-state index contributed by atoms with van der Waals surface area (Å²) in [5.41, 5.74) is 0.